The summed E-state index contributed by atoms with van der Waals surface area (Å²) < 4.78 is 40.7. The molecule has 0 aromatic heterocycles. The van der Waals surface area contributed by atoms with E-state index in [1.807, 2.05) is 32.0 Å². The van der Waals surface area contributed by atoms with Gasteiger partial charge in [-0.05, 0) is 38.5 Å². The second kappa shape index (κ2) is 13.6. The Bertz CT molecular complexity index is 1050. The predicted molar refractivity (Wildman–Crippen MR) is 120 cm³/mol. The van der Waals surface area contributed by atoms with Crippen LogP contribution in [0.15, 0.2) is 52.8 Å². The summed E-state index contributed by atoms with van der Waals surface area (Å²) in [6.07, 6.45) is -4.53. The molecule has 0 N–H and O–H groups in total. The van der Waals surface area contributed by atoms with Crippen LogP contribution in [-0.2, 0) is 25.8 Å². The number of methoxy groups -OCH3 is 1. The molecular weight excluding hydrogens is 437 g/mol. The second-order valence-electron chi connectivity index (χ2n) is 6.57. The van der Waals surface area contributed by atoms with Crippen molar-refractivity contribution in [3.05, 3.63) is 70.3 Å². The molecule has 0 saturated heterocycles. The van der Waals surface area contributed by atoms with Crippen LogP contribution in [0.2, 0.25) is 0 Å². The van der Waals surface area contributed by atoms with Gasteiger partial charge in [-0.2, -0.15) is 13.2 Å². The maximum absolute atomic E-state index is 12.3. The number of oxime groups is 2. The number of carbonyl (C=O) groups excluding carboxylic acids is 1. The third-order valence-electron chi connectivity index (χ3n) is 4.16. The van der Waals surface area contributed by atoms with Crippen LogP contribution in [-0.4, -0.2) is 38.3 Å². The van der Waals surface area contributed by atoms with Crippen molar-refractivity contribution in [2.45, 2.75) is 33.6 Å². The lowest BCUT2D eigenvalue weighted by Crippen LogP contribution is -2.05. The number of rotatable bonds is 7. The smallest absolute Gasteiger partial charge is 0.458 e. The maximum atomic E-state index is 12.3. The number of benzene rings is 2. The number of nitrogens with zero attached hydrogens (tertiary/aromatic N) is 2. The standard InChI is InChI=1S/C22H21F3N2O2.C2H4O2/c1-15-7-5-10-20(17(3)26-28-4)21(15)14-29-27-16(2)19-9-6-8-18(13-19)11-12-22(23,24)25;1-4-2-3/h5-10,13H,14H2,1-4H3;2H,1H3/b26-17-,27-16+;. The Labute approximate surface area is 191 Å². The van der Waals surface area contributed by atoms with Gasteiger partial charge in [0.05, 0.1) is 18.5 Å². The summed E-state index contributed by atoms with van der Waals surface area (Å²) in [6, 6.07) is 12.2. The van der Waals surface area contributed by atoms with E-state index in [0.29, 0.717) is 23.5 Å². The highest BCUT2D eigenvalue weighted by Crippen LogP contribution is 2.18. The van der Waals surface area contributed by atoms with E-state index in [4.69, 9.17) is 14.5 Å². The van der Waals surface area contributed by atoms with E-state index in [1.54, 1.807) is 19.1 Å². The van der Waals surface area contributed by atoms with Gasteiger partial charge < -0.3 is 14.4 Å². The largest absolute Gasteiger partial charge is 0.471 e. The van der Waals surface area contributed by atoms with E-state index in [2.05, 4.69) is 21.0 Å². The lowest BCUT2D eigenvalue weighted by Gasteiger charge is -2.11. The van der Waals surface area contributed by atoms with Crippen molar-refractivity contribution in [3.63, 3.8) is 0 Å². The van der Waals surface area contributed by atoms with Gasteiger partial charge in [-0.25, -0.2) is 0 Å². The van der Waals surface area contributed by atoms with Crippen molar-refractivity contribution >= 4 is 17.9 Å². The minimum Gasteiger partial charge on any atom is -0.471 e. The van der Waals surface area contributed by atoms with Gasteiger partial charge in [-0.15, -0.1) is 0 Å². The number of ether oxygens (including phenoxy) is 1. The van der Waals surface area contributed by atoms with Crippen LogP contribution >= 0.6 is 0 Å². The first-order valence-corrected chi connectivity index (χ1v) is 9.62. The molecule has 6 nitrogen and oxygen atoms in total. The third-order valence-corrected chi connectivity index (χ3v) is 4.16. The summed E-state index contributed by atoms with van der Waals surface area (Å²) in [6.45, 7) is 6.10. The van der Waals surface area contributed by atoms with Gasteiger partial charge in [0.1, 0.15) is 13.7 Å². The van der Waals surface area contributed by atoms with Crippen LogP contribution < -0.4 is 0 Å². The lowest BCUT2D eigenvalue weighted by molar-refractivity contribution is -0.126. The highest BCUT2D eigenvalue weighted by Gasteiger charge is 2.22. The molecule has 2 aromatic carbocycles. The number of hydrogen-bond acceptors (Lipinski definition) is 6. The normalized spacial score (nSPS) is 11.4. The summed E-state index contributed by atoms with van der Waals surface area (Å²) in [5.74, 6) is 3.37. The third kappa shape index (κ3) is 9.91. The van der Waals surface area contributed by atoms with Crippen molar-refractivity contribution in [1.82, 2.24) is 0 Å². The molecule has 0 amide bonds. The van der Waals surface area contributed by atoms with Crippen LogP contribution in [0.3, 0.4) is 0 Å². The molecule has 0 spiro atoms. The van der Waals surface area contributed by atoms with Crippen molar-refractivity contribution in [1.29, 1.82) is 0 Å². The molecule has 2 aromatic rings. The van der Waals surface area contributed by atoms with E-state index in [1.165, 1.54) is 32.3 Å². The summed E-state index contributed by atoms with van der Waals surface area (Å²) in [5.41, 5.74) is 4.95. The van der Waals surface area contributed by atoms with Gasteiger partial charge in [0.2, 0.25) is 0 Å². The Kier molecular flexibility index (Phi) is 11.2. The highest BCUT2D eigenvalue weighted by atomic mass is 19.4. The molecule has 0 atom stereocenters. The number of aryl methyl sites for hydroxylation is 1. The van der Waals surface area contributed by atoms with Gasteiger partial charge in [-0.1, -0.05) is 46.6 Å². The highest BCUT2D eigenvalue weighted by molar-refractivity contribution is 6.00. The Balaban J connectivity index is 0.00000125. The minimum absolute atomic E-state index is 0.212. The molecular formula is C24H25F3N2O4. The Hall–Kier alpha value is -3.80. The summed E-state index contributed by atoms with van der Waals surface area (Å²) in [5, 5.41) is 8.07. The van der Waals surface area contributed by atoms with E-state index < -0.39 is 6.18 Å². The quantitative estimate of drug-likeness (QED) is 0.251. The molecule has 0 unspecified atom stereocenters. The molecule has 0 aliphatic heterocycles. The predicted octanol–water partition coefficient (Wildman–Crippen LogP) is 5.01. The zero-order valence-corrected chi connectivity index (χ0v) is 19.0. The Morgan fingerprint density at radius 2 is 1.73 bits per heavy atom. The first kappa shape index (κ1) is 27.2. The van der Waals surface area contributed by atoms with E-state index in [-0.39, 0.29) is 12.2 Å². The first-order valence-electron chi connectivity index (χ1n) is 9.62. The number of halogens is 3. The van der Waals surface area contributed by atoms with E-state index in [9.17, 15) is 13.2 Å². The maximum Gasteiger partial charge on any atom is 0.458 e. The summed E-state index contributed by atoms with van der Waals surface area (Å²) >= 11 is 0. The fraction of sp³-hybridized carbons (Fsp3) is 0.292. The molecule has 0 bridgehead atoms. The molecule has 2 rings (SSSR count). The Morgan fingerprint density at radius 3 is 2.33 bits per heavy atom. The van der Waals surface area contributed by atoms with Gasteiger partial charge in [0.25, 0.3) is 6.47 Å². The molecule has 0 radical (unpaired) electrons. The van der Waals surface area contributed by atoms with Crippen molar-refractivity contribution in [2.24, 2.45) is 10.3 Å². The topological polar surface area (TPSA) is 69.5 Å². The lowest BCUT2D eigenvalue weighted by atomic mass is 10.00. The van der Waals surface area contributed by atoms with Gasteiger partial charge >= 0.3 is 6.18 Å². The van der Waals surface area contributed by atoms with Crippen LogP contribution in [0.4, 0.5) is 13.2 Å². The van der Waals surface area contributed by atoms with Gasteiger partial charge in [-0.3, -0.25) is 4.79 Å². The fourth-order valence-corrected chi connectivity index (χ4v) is 2.63. The summed E-state index contributed by atoms with van der Waals surface area (Å²) in [4.78, 5) is 19.3. The zero-order chi connectivity index (χ0) is 24.9. The SMILES string of the molecule is CO/N=C(/C)c1cccc(C)c1CO/N=C(\C)c1cccc(C#CC(F)(F)F)c1.COC=O. The molecule has 33 heavy (non-hydrogen) atoms. The summed E-state index contributed by atoms with van der Waals surface area (Å²) in [7, 11) is 2.79. The number of hydrogen-bond donors (Lipinski definition) is 0. The van der Waals surface area contributed by atoms with Crippen molar-refractivity contribution in [3.8, 4) is 11.8 Å². The van der Waals surface area contributed by atoms with Crippen molar-refractivity contribution in [2.75, 3.05) is 14.2 Å². The van der Waals surface area contributed by atoms with Crippen LogP contribution in [0.1, 0.15) is 41.7 Å². The molecule has 0 fully saturated rings. The number of alkyl halides is 3. The van der Waals surface area contributed by atoms with Crippen molar-refractivity contribution < 1.29 is 32.4 Å². The van der Waals surface area contributed by atoms with Gasteiger partial charge in [0.15, 0.2) is 0 Å². The van der Waals surface area contributed by atoms with Gasteiger partial charge in [0, 0.05) is 28.2 Å². The molecule has 0 aliphatic carbocycles. The molecule has 0 heterocycles. The molecule has 0 aliphatic rings. The first-order chi connectivity index (χ1) is 15.6. The monoisotopic (exact) mass is 462 g/mol. The van der Waals surface area contributed by atoms with Crippen LogP contribution in [0.5, 0.6) is 0 Å². The fourth-order valence-electron chi connectivity index (χ4n) is 2.63. The molecule has 0 saturated carbocycles. The second-order valence-corrected chi connectivity index (χ2v) is 6.57. The average molecular weight is 462 g/mol. The minimum atomic E-state index is -4.53. The van der Waals surface area contributed by atoms with E-state index >= 15 is 0 Å². The average Bonchev–Trinajstić information content (AvgIpc) is 2.78. The van der Waals surface area contributed by atoms with Crippen LogP contribution in [0, 0.1) is 18.8 Å². The Morgan fingerprint density at radius 1 is 1.06 bits per heavy atom. The van der Waals surface area contributed by atoms with Crippen LogP contribution in [0.25, 0.3) is 0 Å². The zero-order valence-electron chi connectivity index (χ0n) is 19.0. The number of carbonyl (C=O) groups is 1. The molecule has 9 heteroatoms. The molecule has 176 valence electrons. The van der Waals surface area contributed by atoms with E-state index in [0.717, 1.165) is 16.7 Å².